The molecule has 0 unspecified atom stereocenters. The van der Waals surface area contributed by atoms with Crippen LogP contribution in [0.25, 0.3) is 5.76 Å². The van der Waals surface area contributed by atoms with Gasteiger partial charge in [-0.25, -0.2) is 0 Å². The number of carbonyl (C=O) groups excluding carboxylic acids is 1. The molecule has 0 fully saturated rings. The largest absolute Gasteiger partial charge is 0.507 e. The van der Waals surface area contributed by atoms with E-state index in [0.717, 1.165) is 11.8 Å². The lowest BCUT2D eigenvalue weighted by molar-refractivity contribution is -0.107. The number of carbonyl (C=O) groups is 1. The number of hydrogen-bond acceptors (Lipinski definition) is 3. The SMILES string of the molecule is CSC(=O)/C=C(\O)c1ccccc1. The maximum Gasteiger partial charge on any atom is 0.215 e. The zero-order chi connectivity index (χ0) is 9.68. The van der Waals surface area contributed by atoms with Gasteiger partial charge in [0.15, 0.2) is 0 Å². The fourth-order valence-corrected chi connectivity index (χ4v) is 1.09. The topological polar surface area (TPSA) is 37.3 Å². The van der Waals surface area contributed by atoms with Crippen LogP contribution in [0, 0.1) is 0 Å². The molecule has 0 heterocycles. The molecule has 1 N–H and O–H groups in total. The molecule has 0 amide bonds. The average molecular weight is 194 g/mol. The van der Waals surface area contributed by atoms with Gasteiger partial charge in [-0.1, -0.05) is 42.1 Å². The van der Waals surface area contributed by atoms with Crippen LogP contribution in [-0.4, -0.2) is 16.5 Å². The third-order valence-corrected chi connectivity index (χ3v) is 2.05. The predicted molar refractivity (Wildman–Crippen MR) is 55.6 cm³/mol. The summed E-state index contributed by atoms with van der Waals surface area (Å²) in [6.07, 6.45) is 2.90. The molecule has 0 aliphatic carbocycles. The van der Waals surface area contributed by atoms with Crippen molar-refractivity contribution in [3.63, 3.8) is 0 Å². The molecule has 0 saturated carbocycles. The van der Waals surface area contributed by atoms with Crippen molar-refractivity contribution in [2.24, 2.45) is 0 Å². The third-order valence-electron chi connectivity index (χ3n) is 1.53. The van der Waals surface area contributed by atoms with Crippen molar-refractivity contribution in [1.82, 2.24) is 0 Å². The molecular formula is C10H10O2S. The summed E-state index contributed by atoms with van der Waals surface area (Å²) >= 11 is 1.07. The second-order valence-corrected chi connectivity index (χ2v) is 3.23. The Kier molecular flexibility index (Phi) is 3.58. The maximum atomic E-state index is 10.9. The quantitative estimate of drug-likeness (QED) is 0.580. The van der Waals surface area contributed by atoms with Crippen LogP contribution < -0.4 is 0 Å². The van der Waals surface area contributed by atoms with Gasteiger partial charge in [-0.05, 0) is 6.26 Å². The normalized spacial score (nSPS) is 11.3. The minimum atomic E-state index is -0.152. The fraction of sp³-hybridized carbons (Fsp3) is 0.100. The van der Waals surface area contributed by atoms with E-state index in [2.05, 4.69) is 0 Å². The molecule has 0 aliphatic heterocycles. The van der Waals surface area contributed by atoms with Crippen LogP contribution in [0.5, 0.6) is 0 Å². The molecular weight excluding hydrogens is 184 g/mol. The standard InChI is InChI=1S/C10H10O2S/c1-13-10(12)7-9(11)8-5-3-2-4-6-8/h2-7,11H,1H3/b9-7-. The van der Waals surface area contributed by atoms with Crippen LogP contribution in [0.3, 0.4) is 0 Å². The van der Waals surface area contributed by atoms with Crippen LogP contribution in [0.4, 0.5) is 0 Å². The predicted octanol–water partition coefficient (Wildman–Crippen LogP) is 2.48. The highest BCUT2D eigenvalue weighted by Crippen LogP contribution is 2.11. The molecule has 0 radical (unpaired) electrons. The molecule has 13 heavy (non-hydrogen) atoms. The summed E-state index contributed by atoms with van der Waals surface area (Å²) in [7, 11) is 0. The number of aliphatic hydroxyl groups excluding tert-OH is 1. The van der Waals surface area contributed by atoms with E-state index >= 15 is 0 Å². The number of thioether (sulfide) groups is 1. The highest BCUT2D eigenvalue weighted by atomic mass is 32.2. The van der Waals surface area contributed by atoms with Gasteiger partial charge in [-0.15, -0.1) is 0 Å². The Morgan fingerprint density at radius 1 is 1.38 bits per heavy atom. The molecule has 68 valence electrons. The minimum Gasteiger partial charge on any atom is -0.507 e. The molecule has 3 heteroatoms. The van der Waals surface area contributed by atoms with Crippen LogP contribution in [-0.2, 0) is 4.79 Å². The van der Waals surface area contributed by atoms with Crippen molar-refractivity contribution >= 4 is 22.6 Å². The Balaban J connectivity index is 2.85. The summed E-state index contributed by atoms with van der Waals surface area (Å²) in [6.45, 7) is 0. The van der Waals surface area contributed by atoms with E-state index in [1.54, 1.807) is 18.4 Å². The maximum absolute atomic E-state index is 10.9. The summed E-state index contributed by atoms with van der Waals surface area (Å²) in [6, 6.07) is 8.97. The Bertz CT molecular complexity index is 317. The number of rotatable bonds is 2. The van der Waals surface area contributed by atoms with Crippen LogP contribution in [0.2, 0.25) is 0 Å². The molecule has 0 atom stereocenters. The summed E-state index contributed by atoms with van der Waals surface area (Å²) in [5, 5.41) is 9.30. The third kappa shape index (κ3) is 2.95. The van der Waals surface area contributed by atoms with E-state index < -0.39 is 0 Å². The lowest BCUT2D eigenvalue weighted by Crippen LogP contribution is -1.88. The summed E-state index contributed by atoms with van der Waals surface area (Å²) < 4.78 is 0. The average Bonchev–Trinajstić information content (AvgIpc) is 2.19. The Hall–Kier alpha value is -1.22. The van der Waals surface area contributed by atoms with Crippen molar-refractivity contribution in [1.29, 1.82) is 0 Å². The first-order valence-electron chi connectivity index (χ1n) is 3.78. The van der Waals surface area contributed by atoms with E-state index in [1.165, 1.54) is 6.08 Å². The van der Waals surface area contributed by atoms with E-state index in [-0.39, 0.29) is 10.9 Å². The number of aliphatic hydroxyl groups is 1. The summed E-state index contributed by atoms with van der Waals surface area (Å²) in [5.74, 6) is 0.0138. The van der Waals surface area contributed by atoms with Gasteiger partial charge >= 0.3 is 0 Å². The van der Waals surface area contributed by atoms with E-state index in [1.807, 2.05) is 18.2 Å². The van der Waals surface area contributed by atoms with E-state index in [9.17, 15) is 9.90 Å². The van der Waals surface area contributed by atoms with Gasteiger partial charge in [0.25, 0.3) is 0 Å². The first kappa shape index (κ1) is 9.86. The van der Waals surface area contributed by atoms with Crippen molar-refractivity contribution in [2.45, 2.75) is 0 Å². The highest BCUT2D eigenvalue weighted by Gasteiger charge is 2.00. The molecule has 0 aliphatic rings. The zero-order valence-corrected chi connectivity index (χ0v) is 8.04. The van der Waals surface area contributed by atoms with Gasteiger partial charge in [-0.2, -0.15) is 0 Å². The second-order valence-electron chi connectivity index (χ2n) is 2.42. The van der Waals surface area contributed by atoms with Crippen molar-refractivity contribution in [2.75, 3.05) is 6.26 Å². The molecule has 0 saturated heterocycles. The van der Waals surface area contributed by atoms with Gasteiger partial charge in [0.2, 0.25) is 5.12 Å². The monoisotopic (exact) mass is 194 g/mol. The van der Waals surface area contributed by atoms with E-state index in [0.29, 0.717) is 5.56 Å². The molecule has 0 spiro atoms. The summed E-state index contributed by atoms with van der Waals surface area (Å²) in [5.41, 5.74) is 0.657. The van der Waals surface area contributed by atoms with Gasteiger partial charge in [0, 0.05) is 11.6 Å². The van der Waals surface area contributed by atoms with Gasteiger partial charge < -0.3 is 5.11 Å². The Morgan fingerprint density at radius 2 is 2.00 bits per heavy atom. The second kappa shape index (κ2) is 4.72. The van der Waals surface area contributed by atoms with Gasteiger partial charge in [0.05, 0.1) is 0 Å². The molecule has 0 aromatic heterocycles. The van der Waals surface area contributed by atoms with Crippen LogP contribution in [0.15, 0.2) is 36.4 Å². The smallest absolute Gasteiger partial charge is 0.215 e. The summed E-state index contributed by atoms with van der Waals surface area (Å²) in [4.78, 5) is 10.9. The Morgan fingerprint density at radius 3 is 2.54 bits per heavy atom. The van der Waals surface area contributed by atoms with E-state index in [4.69, 9.17) is 0 Å². The molecule has 1 aromatic rings. The van der Waals surface area contributed by atoms with Crippen LogP contribution >= 0.6 is 11.8 Å². The van der Waals surface area contributed by atoms with Gasteiger partial charge in [-0.3, -0.25) is 4.79 Å². The van der Waals surface area contributed by atoms with Crippen LogP contribution in [0.1, 0.15) is 5.56 Å². The van der Waals surface area contributed by atoms with Crippen molar-refractivity contribution < 1.29 is 9.90 Å². The minimum absolute atomic E-state index is 0.0138. The first-order chi connectivity index (χ1) is 6.24. The number of hydrogen-bond donors (Lipinski definition) is 1. The number of benzene rings is 1. The lowest BCUT2D eigenvalue weighted by Gasteiger charge is -1.97. The lowest BCUT2D eigenvalue weighted by atomic mass is 10.2. The highest BCUT2D eigenvalue weighted by molar-refractivity contribution is 8.13. The Labute approximate surface area is 81.3 Å². The van der Waals surface area contributed by atoms with Crippen molar-refractivity contribution in [3.8, 4) is 0 Å². The fourth-order valence-electron chi connectivity index (χ4n) is 0.863. The first-order valence-corrected chi connectivity index (χ1v) is 5.00. The molecule has 2 nitrogen and oxygen atoms in total. The van der Waals surface area contributed by atoms with Crippen molar-refractivity contribution in [3.05, 3.63) is 42.0 Å². The zero-order valence-electron chi connectivity index (χ0n) is 7.23. The van der Waals surface area contributed by atoms with Gasteiger partial charge in [0.1, 0.15) is 5.76 Å². The molecule has 1 rings (SSSR count). The molecule has 0 bridgehead atoms. The molecule has 1 aromatic carbocycles.